The van der Waals surface area contributed by atoms with Crippen molar-refractivity contribution in [1.29, 1.82) is 0 Å². The highest BCUT2D eigenvalue weighted by Gasteiger charge is 2.50. The van der Waals surface area contributed by atoms with E-state index in [0.29, 0.717) is 5.92 Å². The summed E-state index contributed by atoms with van der Waals surface area (Å²) in [5.74, 6) is 0.360. The van der Waals surface area contributed by atoms with Gasteiger partial charge in [-0.25, -0.2) is 0 Å². The van der Waals surface area contributed by atoms with Gasteiger partial charge in [0.2, 0.25) is 0 Å². The predicted molar refractivity (Wildman–Crippen MR) is 89.2 cm³/mol. The molecule has 0 spiro atoms. The third-order valence-corrected chi connectivity index (χ3v) is 5.40. The molecule has 1 N–H and O–H groups in total. The molecule has 1 nitrogen and oxygen atoms in total. The fraction of sp³-hybridized carbons (Fsp3) is 0.143. The lowest BCUT2D eigenvalue weighted by Crippen LogP contribution is -2.50. The third-order valence-electron chi connectivity index (χ3n) is 5.40. The summed E-state index contributed by atoms with van der Waals surface area (Å²) >= 11 is 0. The molecule has 3 aromatic carbocycles. The molecule has 0 heterocycles. The maximum absolute atomic E-state index is 3.67. The van der Waals surface area contributed by atoms with E-state index in [1.54, 1.807) is 0 Å². The molecule has 0 aromatic heterocycles. The Morgan fingerprint density at radius 1 is 0.636 bits per heavy atom. The number of hydrogen-bond acceptors (Lipinski definition) is 1. The topological polar surface area (TPSA) is 12.0 Å². The van der Waals surface area contributed by atoms with Crippen molar-refractivity contribution >= 4 is 0 Å². The molecule has 6 rings (SSSR count). The van der Waals surface area contributed by atoms with Crippen molar-refractivity contribution in [3.63, 3.8) is 0 Å². The van der Waals surface area contributed by atoms with Gasteiger partial charge in [-0.3, -0.25) is 0 Å². The van der Waals surface area contributed by atoms with Crippen molar-refractivity contribution in [3.8, 4) is 0 Å². The number of benzene rings is 3. The van der Waals surface area contributed by atoms with E-state index < -0.39 is 0 Å². The Balaban J connectivity index is 2.00. The zero-order chi connectivity index (χ0) is 14.7. The highest BCUT2D eigenvalue weighted by molar-refractivity contribution is 5.71. The summed E-state index contributed by atoms with van der Waals surface area (Å²) in [5, 5.41) is 3.67. The molecule has 0 saturated heterocycles. The first-order valence-corrected chi connectivity index (χ1v) is 7.85. The molecule has 0 unspecified atom stereocenters. The van der Waals surface area contributed by atoms with Gasteiger partial charge < -0.3 is 5.32 Å². The molecule has 0 amide bonds. The van der Waals surface area contributed by atoms with Crippen molar-refractivity contribution in [2.75, 3.05) is 7.05 Å². The van der Waals surface area contributed by atoms with E-state index in [2.05, 4.69) is 85.2 Å². The number of nitrogens with one attached hydrogen (secondary N) is 1. The quantitative estimate of drug-likeness (QED) is 0.711. The Kier molecular flexibility index (Phi) is 2.26. The summed E-state index contributed by atoms with van der Waals surface area (Å²) < 4.78 is 0. The van der Waals surface area contributed by atoms with E-state index in [4.69, 9.17) is 0 Å². The van der Waals surface area contributed by atoms with Crippen molar-refractivity contribution in [2.45, 2.75) is 11.5 Å². The van der Waals surface area contributed by atoms with Crippen LogP contribution in [0.2, 0.25) is 0 Å². The Bertz CT molecular complexity index is 778. The van der Waals surface area contributed by atoms with Crippen LogP contribution >= 0.6 is 0 Å². The molecular weight excluding hydrogens is 266 g/mol. The van der Waals surface area contributed by atoms with Gasteiger partial charge in [0.05, 0.1) is 5.54 Å². The van der Waals surface area contributed by atoms with Crippen molar-refractivity contribution < 1.29 is 0 Å². The van der Waals surface area contributed by atoms with Crippen LogP contribution in [0.15, 0.2) is 72.8 Å². The summed E-state index contributed by atoms with van der Waals surface area (Å²) in [7, 11) is 2.08. The van der Waals surface area contributed by atoms with Crippen molar-refractivity contribution in [1.82, 2.24) is 5.32 Å². The van der Waals surface area contributed by atoms with E-state index in [1.807, 2.05) is 0 Å². The summed E-state index contributed by atoms with van der Waals surface area (Å²) in [6.45, 7) is 0. The Morgan fingerprint density at radius 3 is 1.36 bits per heavy atom. The molecule has 1 heteroatoms. The number of rotatable bonds is 1. The van der Waals surface area contributed by atoms with Crippen LogP contribution in [-0.2, 0) is 5.54 Å². The average Bonchev–Trinajstić information content (AvgIpc) is 2.61. The fourth-order valence-electron chi connectivity index (χ4n) is 4.61. The lowest BCUT2D eigenvalue weighted by molar-refractivity contribution is 0.473. The minimum absolute atomic E-state index is 0.224. The number of hydrogen-bond donors (Lipinski definition) is 1. The normalized spacial score (nSPS) is 23.6. The molecule has 3 aromatic rings. The predicted octanol–water partition coefficient (Wildman–Crippen LogP) is 4.00. The van der Waals surface area contributed by atoms with E-state index in [9.17, 15) is 0 Å². The zero-order valence-electron chi connectivity index (χ0n) is 12.5. The van der Waals surface area contributed by atoms with E-state index in [1.165, 1.54) is 33.4 Å². The van der Waals surface area contributed by atoms with Gasteiger partial charge in [0.15, 0.2) is 0 Å². The van der Waals surface area contributed by atoms with Crippen LogP contribution in [0.1, 0.15) is 39.3 Å². The average molecular weight is 283 g/mol. The van der Waals surface area contributed by atoms with Gasteiger partial charge in [-0.15, -0.1) is 0 Å². The second kappa shape index (κ2) is 4.08. The van der Waals surface area contributed by atoms with Crippen LogP contribution in [0.4, 0.5) is 0 Å². The highest BCUT2D eigenvalue weighted by atomic mass is 15.0. The first kappa shape index (κ1) is 12.2. The fourth-order valence-corrected chi connectivity index (χ4v) is 4.61. The van der Waals surface area contributed by atoms with Crippen LogP contribution in [0.25, 0.3) is 0 Å². The first-order valence-electron chi connectivity index (χ1n) is 7.85. The van der Waals surface area contributed by atoms with Crippen molar-refractivity contribution in [2.24, 2.45) is 0 Å². The Labute approximate surface area is 130 Å². The smallest absolute Gasteiger partial charge is 0.0954 e. The van der Waals surface area contributed by atoms with Gasteiger partial charge in [0.1, 0.15) is 0 Å². The van der Waals surface area contributed by atoms with Gasteiger partial charge in [-0.05, 0) is 40.4 Å². The molecule has 0 saturated carbocycles. The van der Waals surface area contributed by atoms with Crippen LogP contribution in [0.3, 0.4) is 0 Å². The molecule has 3 aliphatic carbocycles. The van der Waals surface area contributed by atoms with Crippen LogP contribution < -0.4 is 5.32 Å². The van der Waals surface area contributed by atoms with Gasteiger partial charge in [0.25, 0.3) is 0 Å². The molecule has 0 atom stereocenters. The Morgan fingerprint density at radius 2 is 1.00 bits per heavy atom. The second-order valence-electron chi connectivity index (χ2n) is 6.19. The van der Waals surface area contributed by atoms with Crippen LogP contribution in [-0.4, -0.2) is 7.05 Å². The molecule has 0 fully saturated rings. The molecule has 0 radical (unpaired) electrons. The molecule has 2 bridgehead atoms. The van der Waals surface area contributed by atoms with Crippen LogP contribution in [0, 0.1) is 0 Å². The minimum atomic E-state index is -0.224. The molecule has 3 aliphatic rings. The lowest BCUT2D eigenvalue weighted by atomic mass is 9.57. The zero-order valence-corrected chi connectivity index (χ0v) is 12.5. The lowest BCUT2D eigenvalue weighted by Gasteiger charge is -2.50. The van der Waals surface area contributed by atoms with Gasteiger partial charge in [0, 0.05) is 5.92 Å². The maximum atomic E-state index is 3.67. The SMILES string of the molecule is CNC12c3ccccc3C(c3ccccc31)c1ccccc12. The second-order valence-corrected chi connectivity index (χ2v) is 6.19. The van der Waals surface area contributed by atoms with E-state index >= 15 is 0 Å². The van der Waals surface area contributed by atoms with Gasteiger partial charge in [-0.1, -0.05) is 72.8 Å². The Hall–Kier alpha value is -2.38. The first-order chi connectivity index (χ1) is 10.9. The third kappa shape index (κ3) is 1.20. The van der Waals surface area contributed by atoms with Crippen molar-refractivity contribution in [3.05, 3.63) is 106 Å². The monoisotopic (exact) mass is 283 g/mol. The molecule has 22 heavy (non-hydrogen) atoms. The van der Waals surface area contributed by atoms with Crippen LogP contribution in [0.5, 0.6) is 0 Å². The maximum Gasteiger partial charge on any atom is 0.0954 e. The van der Waals surface area contributed by atoms with Gasteiger partial charge in [-0.2, -0.15) is 0 Å². The summed E-state index contributed by atoms with van der Waals surface area (Å²) in [6, 6.07) is 26.7. The van der Waals surface area contributed by atoms with Gasteiger partial charge >= 0.3 is 0 Å². The molecule has 0 aliphatic heterocycles. The highest BCUT2D eigenvalue weighted by Crippen LogP contribution is 2.57. The summed E-state index contributed by atoms with van der Waals surface area (Å²) in [5.41, 5.74) is 8.30. The minimum Gasteiger partial charge on any atom is -0.303 e. The summed E-state index contributed by atoms with van der Waals surface area (Å²) in [6.07, 6.45) is 0. The molecular formula is C21H17N. The summed E-state index contributed by atoms with van der Waals surface area (Å²) in [4.78, 5) is 0. The standard InChI is InChI=1S/C21H17N/c1-22-21-17-11-5-2-8-14(17)20(15-9-3-6-12-18(15)21)16-10-4-7-13-19(16)21/h2-13,20,22H,1H3. The van der Waals surface area contributed by atoms with E-state index in [0.717, 1.165) is 0 Å². The van der Waals surface area contributed by atoms with E-state index in [-0.39, 0.29) is 5.54 Å². The molecule has 106 valence electrons. The largest absolute Gasteiger partial charge is 0.303 e.